The van der Waals surface area contributed by atoms with Crippen LogP contribution < -0.4 is 20.7 Å². The van der Waals surface area contributed by atoms with E-state index in [1.54, 1.807) is 36.1 Å². The van der Waals surface area contributed by atoms with Crippen LogP contribution in [-0.2, 0) is 16.6 Å². The number of nitrogen functional groups attached to an aromatic ring is 1. The maximum Gasteiger partial charge on any atom is 0.329 e. The van der Waals surface area contributed by atoms with Gasteiger partial charge in [0.25, 0.3) is 0 Å². The number of benzene rings is 3. The van der Waals surface area contributed by atoms with Crippen LogP contribution in [0.2, 0.25) is 0 Å². The minimum atomic E-state index is -0.680. The smallest absolute Gasteiger partial charge is 0.329 e. The van der Waals surface area contributed by atoms with Crippen LogP contribution in [0.1, 0.15) is 80.0 Å². The Balaban J connectivity index is 0.817. The van der Waals surface area contributed by atoms with Gasteiger partial charge < -0.3 is 20.1 Å². The monoisotopic (exact) mass is 761 g/mol. The molecular weight excluding hydrogens is 721 g/mol. The lowest BCUT2D eigenvalue weighted by Gasteiger charge is -2.44. The molecule has 15 heteroatoms. The molecule has 56 heavy (non-hydrogen) atoms. The number of imide groups is 1. The van der Waals surface area contributed by atoms with Crippen molar-refractivity contribution >= 4 is 45.4 Å². The Kier molecular flexibility index (Phi) is 9.05. The van der Waals surface area contributed by atoms with Crippen molar-refractivity contribution < 1.29 is 27.8 Å². The van der Waals surface area contributed by atoms with Crippen molar-refractivity contribution in [3.05, 3.63) is 77.1 Å². The number of fused-ring (bicyclic) bond motifs is 2. The molecule has 5 heterocycles. The number of amides is 3. The van der Waals surface area contributed by atoms with E-state index in [0.29, 0.717) is 46.2 Å². The van der Waals surface area contributed by atoms with Crippen LogP contribution in [0.3, 0.4) is 0 Å². The normalized spacial score (nSPS) is 22.8. The highest BCUT2D eigenvalue weighted by molar-refractivity contribution is 6.08. The van der Waals surface area contributed by atoms with Crippen LogP contribution in [0, 0.1) is 23.0 Å². The highest BCUT2D eigenvalue weighted by Crippen LogP contribution is 2.45. The van der Waals surface area contributed by atoms with E-state index in [0.717, 1.165) is 69.2 Å². The molecule has 4 fully saturated rings. The SMILES string of the molecule is Cn1nc(N2CCC(=O)NC2=O)c2cc(F)c(C3CCC(N4CCC5(CC4)C[C@@H](c4cnc6ccc(Oc7c(F)ccc(N)c7C#N)cc6n4)CO5)CC3)cc21. The summed E-state index contributed by atoms with van der Waals surface area (Å²) in [4.78, 5) is 37.7. The van der Waals surface area contributed by atoms with Gasteiger partial charge in [0.1, 0.15) is 23.2 Å². The van der Waals surface area contributed by atoms with E-state index in [4.69, 9.17) is 20.2 Å². The van der Waals surface area contributed by atoms with E-state index >= 15 is 4.39 Å². The first-order chi connectivity index (χ1) is 27.1. The number of nitrogens with one attached hydrogen (secondary N) is 1. The van der Waals surface area contributed by atoms with Gasteiger partial charge >= 0.3 is 6.03 Å². The van der Waals surface area contributed by atoms with E-state index in [1.807, 2.05) is 12.1 Å². The molecule has 5 aromatic rings. The van der Waals surface area contributed by atoms with E-state index in [-0.39, 0.29) is 59.1 Å². The molecule has 3 aromatic carbocycles. The molecule has 9 rings (SSSR count). The van der Waals surface area contributed by atoms with Crippen molar-refractivity contribution in [1.29, 1.82) is 5.26 Å². The number of anilines is 2. The number of nitrogens with two attached hydrogens (primary N) is 1. The maximum absolute atomic E-state index is 15.7. The molecule has 4 aliphatic rings. The molecule has 3 amide bonds. The third kappa shape index (κ3) is 6.46. The highest BCUT2D eigenvalue weighted by Gasteiger charge is 2.45. The molecule has 1 saturated carbocycles. The molecular formula is C41H41F2N9O4. The largest absolute Gasteiger partial charge is 0.453 e. The zero-order valence-electron chi connectivity index (χ0n) is 30.9. The minimum absolute atomic E-state index is 0.0604. The number of urea groups is 1. The summed E-state index contributed by atoms with van der Waals surface area (Å²) in [6.07, 6.45) is 8.41. The summed E-state index contributed by atoms with van der Waals surface area (Å²) in [7, 11) is 1.79. The first kappa shape index (κ1) is 35.9. The summed E-state index contributed by atoms with van der Waals surface area (Å²) in [5.41, 5.74) is 9.29. The molecule has 1 atom stereocenters. The number of carbonyl (C=O) groups is 2. The van der Waals surface area contributed by atoms with Gasteiger partial charge in [-0.05, 0) is 92.8 Å². The Morgan fingerprint density at radius 2 is 1.80 bits per heavy atom. The molecule has 2 aromatic heterocycles. The molecule has 1 spiro atoms. The molecule has 0 unspecified atom stereocenters. The fourth-order valence-corrected chi connectivity index (χ4v) is 9.16. The zero-order valence-corrected chi connectivity index (χ0v) is 30.9. The lowest BCUT2D eigenvalue weighted by atomic mass is 9.79. The first-order valence-corrected chi connectivity index (χ1v) is 19.2. The summed E-state index contributed by atoms with van der Waals surface area (Å²) in [5.74, 6) is -0.658. The van der Waals surface area contributed by atoms with Crippen molar-refractivity contribution in [2.45, 2.75) is 74.8 Å². The van der Waals surface area contributed by atoms with Gasteiger partial charge in [-0.25, -0.2) is 18.6 Å². The van der Waals surface area contributed by atoms with Crippen LogP contribution in [0.15, 0.2) is 48.7 Å². The molecule has 0 bridgehead atoms. The number of likely N-dealkylation sites (tertiary alicyclic amines) is 1. The number of piperidine rings is 1. The summed E-state index contributed by atoms with van der Waals surface area (Å²) < 4.78 is 44.4. The van der Waals surface area contributed by atoms with Crippen molar-refractivity contribution in [3.63, 3.8) is 0 Å². The van der Waals surface area contributed by atoms with Gasteiger partial charge in [-0.15, -0.1) is 0 Å². The van der Waals surface area contributed by atoms with Crippen LogP contribution in [-0.4, -0.2) is 74.5 Å². The predicted molar refractivity (Wildman–Crippen MR) is 203 cm³/mol. The van der Waals surface area contributed by atoms with Crippen LogP contribution in [0.25, 0.3) is 21.9 Å². The van der Waals surface area contributed by atoms with Crippen LogP contribution in [0.4, 0.5) is 25.1 Å². The number of hydrogen-bond acceptors (Lipinski definition) is 10. The predicted octanol–water partition coefficient (Wildman–Crippen LogP) is 6.55. The van der Waals surface area contributed by atoms with Gasteiger partial charge in [-0.1, -0.05) is 0 Å². The lowest BCUT2D eigenvalue weighted by Crippen LogP contribution is -2.49. The Bertz CT molecular complexity index is 2430. The second kappa shape index (κ2) is 14.1. The van der Waals surface area contributed by atoms with Gasteiger partial charge in [0.05, 0.1) is 40.1 Å². The highest BCUT2D eigenvalue weighted by atomic mass is 19.1. The Morgan fingerprint density at radius 3 is 2.57 bits per heavy atom. The Morgan fingerprint density at radius 1 is 1.00 bits per heavy atom. The van der Waals surface area contributed by atoms with Gasteiger partial charge in [0.15, 0.2) is 17.4 Å². The number of nitriles is 1. The average molecular weight is 762 g/mol. The number of aromatic nitrogens is 4. The van der Waals surface area contributed by atoms with E-state index in [9.17, 15) is 19.2 Å². The summed E-state index contributed by atoms with van der Waals surface area (Å²) in [6.45, 7) is 2.63. The third-order valence-electron chi connectivity index (χ3n) is 12.3. The summed E-state index contributed by atoms with van der Waals surface area (Å²) in [6, 6.07) is 12.8. The van der Waals surface area contributed by atoms with E-state index < -0.39 is 11.8 Å². The topological polar surface area (TPSA) is 165 Å². The second-order valence-electron chi connectivity index (χ2n) is 15.5. The van der Waals surface area contributed by atoms with Gasteiger partial charge in [0.2, 0.25) is 5.91 Å². The van der Waals surface area contributed by atoms with E-state index in [2.05, 4.69) is 20.3 Å². The maximum atomic E-state index is 15.7. The molecule has 13 nitrogen and oxygen atoms in total. The summed E-state index contributed by atoms with van der Waals surface area (Å²) in [5, 5.41) is 16.9. The number of nitrogens with zero attached hydrogens (tertiary/aromatic N) is 7. The van der Waals surface area contributed by atoms with Crippen molar-refractivity contribution in [2.24, 2.45) is 7.05 Å². The molecule has 3 saturated heterocycles. The Labute approximate surface area is 321 Å². The number of rotatable bonds is 6. The van der Waals surface area contributed by atoms with Crippen molar-refractivity contribution in [1.82, 2.24) is 30.0 Å². The molecule has 3 aliphatic heterocycles. The Hall–Kier alpha value is -5.72. The molecule has 288 valence electrons. The van der Waals surface area contributed by atoms with Crippen molar-refractivity contribution in [2.75, 3.05) is 36.9 Å². The quantitative estimate of drug-likeness (QED) is 0.181. The molecule has 0 radical (unpaired) electrons. The molecule has 1 aliphatic carbocycles. The lowest BCUT2D eigenvalue weighted by molar-refractivity contribution is -0.120. The number of carbonyl (C=O) groups excluding carboxylic acids is 2. The summed E-state index contributed by atoms with van der Waals surface area (Å²) >= 11 is 0. The second-order valence-corrected chi connectivity index (χ2v) is 15.5. The fourth-order valence-electron chi connectivity index (χ4n) is 9.16. The van der Waals surface area contributed by atoms with Crippen molar-refractivity contribution in [3.8, 4) is 17.6 Å². The fraction of sp³-hybridized carbons (Fsp3) is 0.415. The average Bonchev–Trinajstić information content (AvgIpc) is 3.76. The zero-order chi connectivity index (χ0) is 38.7. The van der Waals surface area contributed by atoms with Crippen LogP contribution in [0.5, 0.6) is 11.5 Å². The first-order valence-electron chi connectivity index (χ1n) is 19.2. The number of hydrogen-bond donors (Lipinski definition) is 2. The van der Waals surface area contributed by atoms with E-state index in [1.165, 1.54) is 23.1 Å². The minimum Gasteiger partial charge on any atom is -0.453 e. The van der Waals surface area contributed by atoms with Crippen LogP contribution >= 0.6 is 0 Å². The standard InChI is InChI=1S/C41H41F2N9O4/c1-50-36-18-27(31(43)17-28(36)39(49-50)52-13-10-37(53)48-40(52)54)23-2-4-25(5-3-23)51-14-11-41(12-15-51)19-24(22-55-41)35-21-46-33-9-6-26(16-34(33)47-35)56-38-29(20-44)32(45)8-7-30(38)42/h6-9,16-18,21,23-25H,2-5,10-15,19,22,45H2,1H3,(H,48,53,54)/t23?,24-,25?/m1/s1. The van der Waals surface area contributed by atoms with Gasteiger partial charge in [-0.3, -0.25) is 24.7 Å². The van der Waals surface area contributed by atoms with Gasteiger partial charge in [-0.2, -0.15) is 10.4 Å². The number of ether oxygens (including phenoxy) is 2. The molecule has 3 N–H and O–H groups in total. The number of aryl methyl sites for hydroxylation is 1. The van der Waals surface area contributed by atoms with Gasteiger partial charge in [0, 0.05) is 62.7 Å². The third-order valence-corrected chi connectivity index (χ3v) is 12.3. The number of halogens is 2.